The van der Waals surface area contributed by atoms with Gasteiger partial charge in [-0.15, -0.1) is 0 Å². The number of nitrogens with one attached hydrogen (secondary N) is 1. The lowest BCUT2D eigenvalue weighted by Crippen LogP contribution is -2.45. The van der Waals surface area contributed by atoms with Crippen LogP contribution >= 0.6 is 0 Å². The summed E-state index contributed by atoms with van der Waals surface area (Å²) in [6, 6.07) is 10.7. The number of ether oxygens (including phenoxy) is 1. The van der Waals surface area contributed by atoms with Crippen LogP contribution in [0.5, 0.6) is 5.75 Å². The van der Waals surface area contributed by atoms with Gasteiger partial charge in [0.15, 0.2) is 0 Å². The first-order valence-corrected chi connectivity index (χ1v) is 10.3. The zero-order chi connectivity index (χ0) is 20.2. The minimum atomic E-state index is -3.77. The van der Waals surface area contributed by atoms with Crippen LogP contribution in [0, 0.1) is 5.82 Å². The Bertz CT molecular complexity index is 898. The van der Waals surface area contributed by atoms with E-state index < -0.39 is 27.8 Å². The Labute approximate surface area is 159 Å². The van der Waals surface area contributed by atoms with E-state index in [2.05, 4.69) is 5.32 Å². The molecular formula is C19H23FN2O4S. The summed E-state index contributed by atoms with van der Waals surface area (Å²) in [5.41, 5.74) is 0.691. The topological polar surface area (TPSA) is 75.7 Å². The fraction of sp³-hybridized carbons (Fsp3) is 0.316. The van der Waals surface area contributed by atoms with Crippen LogP contribution in [0.15, 0.2) is 48.5 Å². The molecule has 2 aromatic carbocycles. The predicted molar refractivity (Wildman–Crippen MR) is 104 cm³/mol. The molecule has 27 heavy (non-hydrogen) atoms. The first-order valence-electron chi connectivity index (χ1n) is 8.40. The van der Waals surface area contributed by atoms with Crippen molar-refractivity contribution >= 4 is 27.3 Å². The van der Waals surface area contributed by atoms with Crippen LogP contribution in [0.3, 0.4) is 0 Å². The number of anilines is 2. The van der Waals surface area contributed by atoms with Crippen molar-refractivity contribution in [3.63, 3.8) is 0 Å². The molecule has 0 saturated carbocycles. The number of nitrogens with zero attached hydrogens (tertiary/aromatic N) is 1. The standard InChI is InChI=1S/C19H23FN2O4S/c1-13(2)26-18-7-5-6-16(12-18)21-19(23)14(3)22(27(4,24)25)17-10-8-15(20)9-11-17/h5-14H,1-4H3,(H,21,23)/t14-/m0/s1. The Kier molecular flexibility index (Phi) is 6.43. The van der Waals surface area contributed by atoms with Crippen LogP contribution < -0.4 is 14.4 Å². The van der Waals surface area contributed by atoms with Crippen molar-refractivity contribution in [2.75, 3.05) is 15.9 Å². The molecule has 2 rings (SSSR count). The molecule has 0 bridgehead atoms. The average molecular weight is 394 g/mol. The van der Waals surface area contributed by atoms with Gasteiger partial charge in [-0.25, -0.2) is 12.8 Å². The molecule has 0 saturated heterocycles. The molecule has 0 spiro atoms. The number of sulfonamides is 1. The zero-order valence-electron chi connectivity index (χ0n) is 15.6. The van der Waals surface area contributed by atoms with Crippen molar-refractivity contribution in [3.8, 4) is 5.75 Å². The molecule has 1 N–H and O–H groups in total. The fourth-order valence-corrected chi connectivity index (χ4v) is 3.74. The van der Waals surface area contributed by atoms with E-state index in [1.54, 1.807) is 24.3 Å². The Morgan fingerprint density at radius 3 is 2.30 bits per heavy atom. The molecule has 8 heteroatoms. The highest BCUT2D eigenvalue weighted by atomic mass is 32.2. The normalized spacial score (nSPS) is 12.5. The highest BCUT2D eigenvalue weighted by Gasteiger charge is 2.29. The molecule has 0 unspecified atom stereocenters. The quantitative estimate of drug-likeness (QED) is 0.781. The van der Waals surface area contributed by atoms with Crippen molar-refractivity contribution in [2.45, 2.75) is 32.9 Å². The summed E-state index contributed by atoms with van der Waals surface area (Å²) in [4.78, 5) is 12.6. The largest absolute Gasteiger partial charge is 0.491 e. The van der Waals surface area contributed by atoms with Crippen LogP contribution in [0.25, 0.3) is 0 Å². The van der Waals surface area contributed by atoms with Gasteiger partial charge >= 0.3 is 0 Å². The highest BCUT2D eigenvalue weighted by Crippen LogP contribution is 2.23. The number of benzene rings is 2. The molecule has 0 fully saturated rings. The summed E-state index contributed by atoms with van der Waals surface area (Å²) in [6.07, 6.45) is 0.978. The summed E-state index contributed by atoms with van der Waals surface area (Å²) < 4.78 is 44.1. The second kappa shape index (κ2) is 8.39. The van der Waals surface area contributed by atoms with Crippen LogP contribution in [0.1, 0.15) is 20.8 Å². The molecule has 0 heterocycles. The van der Waals surface area contributed by atoms with Crippen LogP contribution in [-0.4, -0.2) is 32.7 Å². The summed E-state index contributed by atoms with van der Waals surface area (Å²) in [5, 5.41) is 2.69. The number of hydrogen-bond donors (Lipinski definition) is 1. The van der Waals surface area contributed by atoms with Crippen LogP contribution in [0.2, 0.25) is 0 Å². The van der Waals surface area contributed by atoms with Gasteiger partial charge < -0.3 is 10.1 Å². The average Bonchev–Trinajstić information content (AvgIpc) is 2.55. The van der Waals surface area contributed by atoms with Gasteiger partial charge in [-0.3, -0.25) is 9.10 Å². The van der Waals surface area contributed by atoms with E-state index >= 15 is 0 Å². The van der Waals surface area contributed by atoms with E-state index in [4.69, 9.17) is 4.74 Å². The molecule has 0 aliphatic heterocycles. The Balaban J connectivity index is 2.24. The Morgan fingerprint density at radius 2 is 1.74 bits per heavy atom. The summed E-state index contributed by atoms with van der Waals surface area (Å²) in [7, 11) is -3.77. The molecule has 0 aromatic heterocycles. The van der Waals surface area contributed by atoms with E-state index in [-0.39, 0.29) is 11.8 Å². The van der Waals surface area contributed by atoms with Crippen LogP contribution in [0.4, 0.5) is 15.8 Å². The van der Waals surface area contributed by atoms with E-state index in [9.17, 15) is 17.6 Å². The lowest BCUT2D eigenvalue weighted by Gasteiger charge is -2.28. The molecule has 146 valence electrons. The van der Waals surface area contributed by atoms with Gasteiger partial charge in [0.2, 0.25) is 15.9 Å². The Hall–Kier alpha value is -2.61. The lowest BCUT2D eigenvalue weighted by atomic mass is 10.2. The van der Waals surface area contributed by atoms with Gasteiger partial charge in [0.05, 0.1) is 18.0 Å². The van der Waals surface area contributed by atoms with Gasteiger partial charge in [-0.1, -0.05) is 6.07 Å². The zero-order valence-corrected chi connectivity index (χ0v) is 16.5. The predicted octanol–water partition coefficient (Wildman–Crippen LogP) is 3.41. The van der Waals surface area contributed by atoms with E-state index in [1.165, 1.54) is 19.1 Å². The number of halogens is 1. The SMILES string of the molecule is CC(C)Oc1cccc(NC(=O)[C@H](C)N(c2ccc(F)cc2)S(C)(=O)=O)c1. The second-order valence-corrected chi connectivity index (χ2v) is 8.25. The monoisotopic (exact) mass is 394 g/mol. The number of rotatable bonds is 7. The molecule has 0 aliphatic rings. The maximum atomic E-state index is 13.2. The lowest BCUT2D eigenvalue weighted by molar-refractivity contribution is -0.116. The van der Waals surface area contributed by atoms with Crippen LogP contribution in [-0.2, 0) is 14.8 Å². The number of hydrogen-bond acceptors (Lipinski definition) is 4. The third-order valence-electron chi connectivity index (χ3n) is 3.64. The second-order valence-electron chi connectivity index (χ2n) is 6.39. The van der Waals surface area contributed by atoms with Gasteiger partial charge in [-0.05, 0) is 57.2 Å². The first-order chi connectivity index (χ1) is 12.6. The third kappa shape index (κ3) is 5.68. The van der Waals surface area contributed by atoms with Crippen molar-refractivity contribution in [1.82, 2.24) is 0 Å². The van der Waals surface area contributed by atoms with Crippen molar-refractivity contribution in [1.29, 1.82) is 0 Å². The number of carbonyl (C=O) groups is 1. The van der Waals surface area contributed by atoms with Gasteiger partial charge in [0.1, 0.15) is 17.6 Å². The van der Waals surface area contributed by atoms with Crippen molar-refractivity contribution in [2.24, 2.45) is 0 Å². The van der Waals surface area contributed by atoms with Crippen molar-refractivity contribution in [3.05, 3.63) is 54.3 Å². The van der Waals surface area contributed by atoms with Gasteiger partial charge in [0.25, 0.3) is 0 Å². The fourth-order valence-electron chi connectivity index (χ4n) is 2.56. The summed E-state index contributed by atoms with van der Waals surface area (Å²) in [6.45, 7) is 5.24. The minimum absolute atomic E-state index is 0.0194. The molecule has 1 amide bonds. The number of carbonyl (C=O) groups excluding carboxylic acids is 1. The minimum Gasteiger partial charge on any atom is -0.491 e. The summed E-state index contributed by atoms with van der Waals surface area (Å²) >= 11 is 0. The smallest absolute Gasteiger partial charge is 0.247 e. The summed E-state index contributed by atoms with van der Waals surface area (Å²) in [5.74, 6) is -0.424. The van der Waals surface area contributed by atoms with E-state index in [0.29, 0.717) is 11.4 Å². The van der Waals surface area contributed by atoms with Gasteiger partial charge in [0, 0.05) is 11.8 Å². The van der Waals surface area contributed by atoms with E-state index in [1.807, 2.05) is 13.8 Å². The molecule has 0 aliphatic carbocycles. The number of amides is 1. The van der Waals surface area contributed by atoms with Gasteiger partial charge in [-0.2, -0.15) is 0 Å². The van der Waals surface area contributed by atoms with Crippen molar-refractivity contribution < 1.29 is 22.3 Å². The maximum Gasteiger partial charge on any atom is 0.247 e. The van der Waals surface area contributed by atoms with E-state index in [0.717, 1.165) is 22.7 Å². The Morgan fingerprint density at radius 1 is 1.11 bits per heavy atom. The molecule has 6 nitrogen and oxygen atoms in total. The maximum absolute atomic E-state index is 13.2. The highest BCUT2D eigenvalue weighted by molar-refractivity contribution is 7.92. The molecule has 1 atom stereocenters. The first kappa shape index (κ1) is 20.7. The molecule has 2 aromatic rings. The third-order valence-corrected chi connectivity index (χ3v) is 4.88. The molecule has 0 radical (unpaired) electrons. The molecular weight excluding hydrogens is 371 g/mol.